The van der Waals surface area contributed by atoms with Crippen molar-refractivity contribution < 1.29 is 23.1 Å². The molecule has 0 spiro atoms. The standard InChI is InChI=1S/C18H14FNO4/c1-11(17(21)20-14-8-6-13(19)7-9-14)23-18(22)16-10-12-4-2-3-5-15(12)24-16/h2-11H,1H3,(H,20,21)/t11-/m1/s1. The van der Waals surface area contributed by atoms with E-state index in [1.807, 2.05) is 6.07 Å². The predicted molar refractivity (Wildman–Crippen MR) is 86.1 cm³/mol. The summed E-state index contributed by atoms with van der Waals surface area (Å²) in [4.78, 5) is 24.1. The number of halogens is 1. The second kappa shape index (κ2) is 6.54. The number of benzene rings is 2. The Bertz CT molecular complexity index is 852. The number of rotatable bonds is 4. The number of anilines is 1. The number of ether oxygens (including phenoxy) is 1. The van der Waals surface area contributed by atoms with Crippen LogP contribution in [0.3, 0.4) is 0 Å². The number of nitrogens with one attached hydrogen (secondary N) is 1. The van der Waals surface area contributed by atoms with Crippen molar-refractivity contribution in [1.29, 1.82) is 0 Å². The number of para-hydroxylation sites is 1. The quantitative estimate of drug-likeness (QED) is 0.741. The van der Waals surface area contributed by atoms with Crippen LogP contribution < -0.4 is 5.32 Å². The summed E-state index contributed by atoms with van der Waals surface area (Å²) in [5.74, 6) is -1.63. The van der Waals surface area contributed by atoms with Gasteiger partial charge in [0.1, 0.15) is 11.4 Å². The van der Waals surface area contributed by atoms with Crippen LogP contribution in [0.25, 0.3) is 11.0 Å². The van der Waals surface area contributed by atoms with Crippen molar-refractivity contribution in [3.05, 3.63) is 66.2 Å². The Morgan fingerprint density at radius 2 is 1.83 bits per heavy atom. The van der Waals surface area contributed by atoms with E-state index in [1.54, 1.807) is 24.3 Å². The van der Waals surface area contributed by atoms with Crippen LogP contribution in [0.15, 0.2) is 59.0 Å². The first-order valence-corrected chi connectivity index (χ1v) is 7.29. The Morgan fingerprint density at radius 3 is 2.54 bits per heavy atom. The molecular formula is C18H14FNO4. The van der Waals surface area contributed by atoms with E-state index in [0.717, 1.165) is 5.39 Å². The Morgan fingerprint density at radius 1 is 1.12 bits per heavy atom. The van der Waals surface area contributed by atoms with Gasteiger partial charge in [-0.3, -0.25) is 4.79 Å². The maximum Gasteiger partial charge on any atom is 0.375 e. The molecule has 6 heteroatoms. The maximum absolute atomic E-state index is 12.8. The van der Waals surface area contributed by atoms with Crippen LogP contribution in [0.1, 0.15) is 17.5 Å². The molecule has 0 radical (unpaired) electrons. The molecule has 1 heterocycles. The Kier molecular flexibility index (Phi) is 4.29. The van der Waals surface area contributed by atoms with Crippen molar-refractivity contribution in [2.45, 2.75) is 13.0 Å². The molecule has 122 valence electrons. The fourth-order valence-corrected chi connectivity index (χ4v) is 2.13. The van der Waals surface area contributed by atoms with E-state index >= 15 is 0 Å². The third kappa shape index (κ3) is 3.43. The monoisotopic (exact) mass is 327 g/mol. The minimum absolute atomic E-state index is 0.0256. The van der Waals surface area contributed by atoms with Gasteiger partial charge in [0.25, 0.3) is 5.91 Å². The largest absolute Gasteiger partial charge is 0.449 e. The molecule has 0 aliphatic heterocycles. The topological polar surface area (TPSA) is 68.5 Å². The van der Waals surface area contributed by atoms with E-state index < -0.39 is 23.8 Å². The lowest BCUT2D eigenvalue weighted by Crippen LogP contribution is -2.29. The summed E-state index contributed by atoms with van der Waals surface area (Å²) < 4.78 is 23.3. The first-order chi connectivity index (χ1) is 11.5. The smallest absolute Gasteiger partial charge is 0.375 e. The number of carbonyl (C=O) groups excluding carboxylic acids is 2. The first kappa shape index (κ1) is 15.7. The van der Waals surface area contributed by atoms with Crippen LogP contribution >= 0.6 is 0 Å². The van der Waals surface area contributed by atoms with Gasteiger partial charge in [0.15, 0.2) is 6.10 Å². The average Bonchev–Trinajstić information content (AvgIpc) is 3.01. The summed E-state index contributed by atoms with van der Waals surface area (Å²) in [7, 11) is 0. The molecule has 0 unspecified atom stereocenters. The highest BCUT2D eigenvalue weighted by molar-refractivity contribution is 5.97. The van der Waals surface area contributed by atoms with Gasteiger partial charge in [-0.25, -0.2) is 9.18 Å². The van der Waals surface area contributed by atoms with E-state index in [-0.39, 0.29) is 5.76 Å². The Hall–Kier alpha value is -3.15. The molecule has 1 atom stereocenters. The van der Waals surface area contributed by atoms with Crippen molar-refractivity contribution in [3.8, 4) is 0 Å². The second-order valence-electron chi connectivity index (χ2n) is 5.19. The van der Waals surface area contributed by atoms with Gasteiger partial charge in [-0.1, -0.05) is 18.2 Å². The van der Waals surface area contributed by atoms with Crippen LogP contribution in [0, 0.1) is 5.82 Å². The van der Waals surface area contributed by atoms with E-state index in [1.165, 1.54) is 31.2 Å². The van der Waals surface area contributed by atoms with Crippen LogP contribution in [-0.2, 0) is 9.53 Å². The molecule has 0 fully saturated rings. The zero-order valence-electron chi connectivity index (χ0n) is 12.8. The zero-order chi connectivity index (χ0) is 17.1. The number of amides is 1. The van der Waals surface area contributed by atoms with Crippen LogP contribution in [0.4, 0.5) is 10.1 Å². The normalized spacial score (nSPS) is 11.9. The lowest BCUT2D eigenvalue weighted by Gasteiger charge is -2.12. The van der Waals surface area contributed by atoms with Crippen molar-refractivity contribution in [2.24, 2.45) is 0 Å². The minimum atomic E-state index is -1.03. The third-order valence-electron chi connectivity index (χ3n) is 3.39. The van der Waals surface area contributed by atoms with E-state index in [9.17, 15) is 14.0 Å². The predicted octanol–water partition coefficient (Wildman–Crippen LogP) is 3.76. The van der Waals surface area contributed by atoms with Crippen LogP contribution in [0.2, 0.25) is 0 Å². The van der Waals surface area contributed by atoms with Crippen molar-refractivity contribution in [2.75, 3.05) is 5.32 Å². The highest BCUT2D eigenvalue weighted by Gasteiger charge is 2.21. The third-order valence-corrected chi connectivity index (χ3v) is 3.39. The van der Waals surface area contributed by atoms with Gasteiger partial charge in [0.2, 0.25) is 5.76 Å². The number of hydrogen-bond acceptors (Lipinski definition) is 4. The van der Waals surface area contributed by atoms with E-state index in [2.05, 4.69) is 5.32 Å². The molecule has 1 amide bonds. The summed E-state index contributed by atoms with van der Waals surface area (Å²) in [6.07, 6.45) is -1.03. The fraction of sp³-hybridized carbons (Fsp3) is 0.111. The van der Waals surface area contributed by atoms with Gasteiger partial charge in [-0.15, -0.1) is 0 Å². The lowest BCUT2D eigenvalue weighted by molar-refractivity contribution is -0.123. The number of carbonyl (C=O) groups is 2. The molecule has 2 aromatic carbocycles. The summed E-state index contributed by atoms with van der Waals surface area (Å²) in [6.45, 7) is 1.44. The first-order valence-electron chi connectivity index (χ1n) is 7.29. The molecule has 1 N–H and O–H groups in total. The Balaban J connectivity index is 1.64. The maximum atomic E-state index is 12.8. The van der Waals surface area contributed by atoms with E-state index in [4.69, 9.17) is 9.15 Å². The van der Waals surface area contributed by atoms with Gasteiger partial charge in [0.05, 0.1) is 0 Å². The van der Waals surface area contributed by atoms with E-state index in [0.29, 0.717) is 11.3 Å². The van der Waals surface area contributed by atoms with Gasteiger partial charge in [-0.05, 0) is 43.3 Å². The SMILES string of the molecule is C[C@@H](OC(=O)c1cc2ccccc2o1)C(=O)Nc1ccc(F)cc1. The van der Waals surface area contributed by atoms with Crippen LogP contribution in [-0.4, -0.2) is 18.0 Å². The average molecular weight is 327 g/mol. The molecule has 0 aliphatic carbocycles. The molecule has 5 nitrogen and oxygen atoms in total. The van der Waals surface area contributed by atoms with Gasteiger partial charge in [-0.2, -0.15) is 0 Å². The molecular weight excluding hydrogens is 313 g/mol. The van der Waals surface area contributed by atoms with Gasteiger partial charge < -0.3 is 14.5 Å². The lowest BCUT2D eigenvalue weighted by atomic mass is 10.2. The summed E-state index contributed by atoms with van der Waals surface area (Å²) in [5, 5.41) is 3.31. The van der Waals surface area contributed by atoms with Crippen LogP contribution in [0.5, 0.6) is 0 Å². The second-order valence-corrected chi connectivity index (χ2v) is 5.19. The van der Waals surface area contributed by atoms with Crippen molar-refractivity contribution in [3.63, 3.8) is 0 Å². The summed E-state index contributed by atoms with van der Waals surface area (Å²) in [6, 6.07) is 14.0. The molecule has 0 saturated carbocycles. The highest BCUT2D eigenvalue weighted by Crippen LogP contribution is 2.20. The Labute approximate surface area is 137 Å². The minimum Gasteiger partial charge on any atom is -0.449 e. The molecule has 0 saturated heterocycles. The van der Waals surface area contributed by atoms with Crippen molar-refractivity contribution >= 4 is 28.5 Å². The summed E-state index contributed by atoms with van der Waals surface area (Å²) in [5.41, 5.74) is 0.973. The summed E-state index contributed by atoms with van der Waals surface area (Å²) >= 11 is 0. The van der Waals surface area contributed by atoms with Crippen molar-refractivity contribution in [1.82, 2.24) is 0 Å². The highest BCUT2D eigenvalue weighted by atomic mass is 19.1. The number of fused-ring (bicyclic) bond motifs is 1. The van der Waals surface area contributed by atoms with Gasteiger partial charge in [0, 0.05) is 11.1 Å². The number of furan rings is 1. The number of esters is 1. The van der Waals surface area contributed by atoms with Gasteiger partial charge >= 0.3 is 5.97 Å². The molecule has 0 aliphatic rings. The molecule has 3 aromatic rings. The fourth-order valence-electron chi connectivity index (χ4n) is 2.13. The molecule has 24 heavy (non-hydrogen) atoms. The molecule has 3 rings (SSSR count). The molecule has 0 bridgehead atoms. The molecule has 1 aromatic heterocycles. The zero-order valence-corrected chi connectivity index (χ0v) is 12.8. The number of hydrogen-bond donors (Lipinski definition) is 1.